The molecule has 0 saturated carbocycles. The number of hydrogen-bond acceptors (Lipinski definition) is 5. The highest BCUT2D eigenvalue weighted by Crippen LogP contribution is 2.30. The number of carbonyl (C=O) groups excluding carboxylic acids is 1. The third kappa shape index (κ3) is 5.09. The molecule has 0 aliphatic heterocycles. The number of carbonyl (C=O) groups is 2. The van der Waals surface area contributed by atoms with E-state index in [0.717, 1.165) is 6.07 Å². The molecule has 1 amide bonds. The van der Waals surface area contributed by atoms with Crippen LogP contribution in [0.25, 0.3) is 0 Å². The number of anilines is 1. The molecule has 114 valence electrons. The summed E-state index contributed by atoms with van der Waals surface area (Å²) in [4.78, 5) is 32.7. The number of hydrogen-bond donors (Lipinski definition) is 3. The maximum absolute atomic E-state index is 11.9. The lowest BCUT2D eigenvalue weighted by molar-refractivity contribution is -0.384. The van der Waals surface area contributed by atoms with Gasteiger partial charge in [0.15, 0.2) is 0 Å². The fourth-order valence-electron chi connectivity index (χ4n) is 1.88. The fourth-order valence-corrected chi connectivity index (χ4v) is 1.88. The highest BCUT2D eigenvalue weighted by Gasteiger charge is 2.26. The number of rotatable bonds is 6. The van der Waals surface area contributed by atoms with E-state index < -0.39 is 27.9 Å². The van der Waals surface area contributed by atoms with E-state index in [2.05, 4.69) is 5.32 Å². The summed E-state index contributed by atoms with van der Waals surface area (Å²) in [7, 11) is 0. The lowest BCUT2D eigenvalue weighted by Crippen LogP contribution is -2.25. The maximum atomic E-state index is 11.9. The molecule has 0 saturated heterocycles. The van der Waals surface area contributed by atoms with Crippen molar-refractivity contribution in [2.45, 2.75) is 26.7 Å². The third-order valence-corrected chi connectivity index (χ3v) is 2.72. The Balaban J connectivity index is 2.84. The minimum Gasteiger partial charge on any atom is -0.508 e. The molecule has 1 aromatic carbocycles. The fraction of sp³-hybridized carbons (Fsp3) is 0.385. The second-order valence-electron chi connectivity index (χ2n) is 5.42. The van der Waals surface area contributed by atoms with Gasteiger partial charge in [-0.3, -0.25) is 19.7 Å². The van der Waals surface area contributed by atoms with Crippen molar-refractivity contribution in [2.24, 2.45) is 5.41 Å². The average Bonchev–Trinajstić information content (AvgIpc) is 2.28. The van der Waals surface area contributed by atoms with Crippen LogP contribution in [-0.2, 0) is 9.59 Å². The van der Waals surface area contributed by atoms with Gasteiger partial charge in [0.1, 0.15) is 11.4 Å². The van der Waals surface area contributed by atoms with Crippen molar-refractivity contribution >= 4 is 23.3 Å². The summed E-state index contributed by atoms with van der Waals surface area (Å²) < 4.78 is 0. The van der Waals surface area contributed by atoms with Crippen molar-refractivity contribution in [1.29, 1.82) is 0 Å². The topological polar surface area (TPSA) is 130 Å². The molecule has 0 aliphatic carbocycles. The monoisotopic (exact) mass is 296 g/mol. The lowest BCUT2D eigenvalue weighted by atomic mass is 9.85. The Morgan fingerprint density at radius 1 is 1.33 bits per heavy atom. The Bertz CT molecular complexity index is 582. The van der Waals surface area contributed by atoms with Crippen LogP contribution in [0, 0.1) is 15.5 Å². The van der Waals surface area contributed by atoms with Gasteiger partial charge in [0.05, 0.1) is 17.4 Å². The van der Waals surface area contributed by atoms with Crippen LogP contribution >= 0.6 is 0 Å². The molecule has 0 unspecified atom stereocenters. The van der Waals surface area contributed by atoms with Crippen LogP contribution in [0.3, 0.4) is 0 Å². The SMILES string of the molecule is CC(C)(CC(=O)O)CC(=O)Nc1ccc(O)cc1[N+](=O)[O-]. The van der Waals surface area contributed by atoms with Crippen molar-refractivity contribution in [2.75, 3.05) is 5.32 Å². The average molecular weight is 296 g/mol. The predicted octanol–water partition coefficient (Wildman–Crippen LogP) is 2.13. The van der Waals surface area contributed by atoms with Crippen LogP contribution < -0.4 is 5.32 Å². The van der Waals surface area contributed by atoms with E-state index in [4.69, 9.17) is 5.11 Å². The lowest BCUT2D eigenvalue weighted by Gasteiger charge is -2.21. The number of benzene rings is 1. The van der Waals surface area contributed by atoms with Gasteiger partial charge in [-0.1, -0.05) is 13.8 Å². The second kappa shape index (κ2) is 6.21. The van der Waals surface area contributed by atoms with Crippen molar-refractivity contribution in [3.8, 4) is 5.75 Å². The van der Waals surface area contributed by atoms with Gasteiger partial charge < -0.3 is 15.5 Å². The molecule has 21 heavy (non-hydrogen) atoms. The van der Waals surface area contributed by atoms with Gasteiger partial charge in [-0.05, 0) is 17.5 Å². The molecule has 0 atom stereocenters. The number of carboxylic acids is 1. The summed E-state index contributed by atoms with van der Waals surface area (Å²) in [5.74, 6) is -1.84. The van der Waals surface area contributed by atoms with Crippen molar-refractivity contribution in [3.63, 3.8) is 0 Å². The molecule has 1 rings (SSSR count). The molecular weight excluding hydrogens is 280 g/mol. The van der Waals surface area contributed by atoms with Gasteiger partial charge in [-0.2, -0.15) is 0 Å². The minimum atomic E-state index is -1.02. The highest BCUT2D eigenvalue weighted by atomic mass is 16.6. The van der Waals surface area contributed by atoms with E-state index in [9.17, 15) is 24.8 Å². The summed E-state index contributed by atoms with van der Waals surface area (Å²) in [5.41, 5.74) is -1.25. The first-order valence-electron chi connectivity index (χ1n) is 6.10. The van der Waals surface area contributed by atoms with E-state index in [1.165, 1.54) is 12.1 Å². The van der Waals surface area contributed by atoms with E-state index in [-0.39, 0.29) is 24.3 Å². The molecule has 0 radical (unpaired) electrons. The Hall–Kier alpha value is -2.64. The standard InChI is InChI=1S/C13H16N2O6/c1-13(2,7-12(18)19)6-11(17)14-9-4-3-8(16)5-10(9)15(20)21/h3-5,16H,6-7H2,1-2H3,(H,14,17)(H,18,19). The first-order chi connectivity index (χ1) is 9.60. The van der Waals surface area contributed by atoms with Gasteiger partial charge in [0.25, 0.3) is 5.69 Å². The smallest absolute Gasteiger partial charge is 0.303 e. The van der Waals surface area contributed by atoms with Crippen LogP contribution in [0.4, 0.5) is 11.4 Å². The van der Waals surface area contributed by atoms with Gasteiger partial charge in [-0.25, -0.2) is 0 Å². The molecule has 8 heteroatoms. The van der Waals surface area contributed by atoms with Crippen LogP contribution in [0.5, 0.6) is 5.75 Å². The zero-order chi connectivity index (χ0) is 16.2. The summed E-state index contributed by atoms with van der Waals surface area (Å²) >= 11 is 0. The number of nitro benzene ring substituents is 1. The minimum absolute atomic E-state index is 0.0473. The van der Waals surface area contributed by atoms with E-state index in [1.807, 2.05) is 0 Å². The van der Waals surface area contributed by atoms with Crippen LogP contribution in [0.15, 0.2) is 18.2 Å². The molecule has 0 aromatic heterocycles. The number of aromatic hydroxyl groups is 1. The molecule has 0 aliphatic rings. The first-order valence-corrected chi connectivity index (χ1v) is 6.10. The molecule has 0 spiro atoms. The van der Waals surface area contributed by atoms with Gasteiger partial charge in [-0.15, -0.1) is 0 Å². The largest absolute Gasteiger partial charge is 0.508 e. The number of nitrogens with zero attached hydrogens (tertiary/aromatic N) is 1. The first kappa shape index (κ1) is 16.4. The summed E-state index contributed by atoms with van der Waals surface area (Å²) in [6.45, 7) is 3.23. The zero-order valence-electron chi connectivity index (χ0n) is 11.6. The van der Waals surface area contributed by atoms with Crippen molar-refractivity contribution < 1.29 is 24.7 Å². The van der Waals surface area contributed by atoms with E-state index in [1.54, 1.807) is 13.8 Å². The maximum Gasteiger partial charge on any atom is 0.303 e. The number of nitro groups is 1. The molecule has 1 aromatic rings. The molecule has 0 bridgehead atoms. The number of aliphatic carboxylic acids is 1. The van der Waals surface area contributed by atoms with E-state index >= 15 is 0 Å². The van der Waals surface area contributed by atoms with Crippen LogP contribution in [0.1, 0.15) is 26.7 Å². The van der Waals surface area contributed by atoms with Crippen molar-refractivity contribution in [1.82, 2.24) is 0 Å². The highest BCUT2D eigenvalue weighted by molar-refractivity contribution is 5.93. The number of phenolic OH excluding ortho intramolecular Hbond substituents is 1. The molecule has 0 heterocycles. The molecule has 8 nitrogen and oxygen atoms in total. The van der Waals surface area contributed by atoms with Crippen LogP contribution in [-0.4, -0.2) is 27.0 Å². The number of phenols is 1. The van der Waals surface area contributed by atoms with E-state index in [0.29, 0.717) is 0 Å². The Morgan fingerprint density at radius 2 is 1.95 bits per heavy atom. The van der Waals surface area contributed by atoms with Crippen molar-refractivity contribution in [3.05, 3.63) is 28.3 Å². The summed E-state index contributed by atoms with van der Waals surface area (Å²) in [6, 6.07) is 3.36. The molecule has 3 N–H and O–H groups in total. The predicted molar refractivity (Wildman–Crippen MR) is 74.0 cm³/mol. The Morgan fingerprint density at radius 3 is 2.48 bits per heavy atom. The molecule has 0 fully saturated rings. The number of carboxylic acid groups (broad SMARTS) is 1. The second-order valence-corrected chi connectivity index (χ2v) is 5.42. The van der Waals surface area contributed by atoms with Gasteiger partial charge >= 0.3 is 5.97 Å². The van der Waals surface area contributed by atoms with Crippen LogP contribution in [0.2, 0.25) is 0 Å². The number of nitrogens with one attached hydrogen (secondary N) is 1. The van der Waals surface area contributed by atoms with Gasteiger partial charge in [0.2, 0.25) is 5.91 Å². The quantitative estimate of drug-likeness (QED) is 0.419. The van der Waals surface area contributed by atoms with Gasteiger partial charge in [0, 0.05) is 6.42 Å². The Kier molecular flexibility index (Phi) is 4.85. The Labute approximate surface area is 120 Å². The third-order valence-electron chi connectivity index (χ3n) is 2.72. The zero-order valence-corrected chi connectivity index (χ0v) is 11.6. The normalized spacial score (nSPS) is 11.0. The summed E-state index contributed by atoms with van der Waals surface area (Å²) in [5, 5.41) is 31.2. The summed E-state index contributed by atoms with van der Waals surface area (Å²) in [6.07, 6.45) is -0.296. The molecular formula is C13H16N2O6. The number of amides is 1.